The van der Waals surface area contributed by atoms with Gasteiger partial charge in [-0.05, 0) is 6.92 Å². The van der Waals surface area contributed by atoms with Gasteiger partial charge in [0.05, 0.1) is 11.9 Å². The van der Waals surface area contributed by atoms with Crippen LogP contribution in [-0.2, 0) is 0 Å². The highest BCUT2D eigenvalue weighted by Gasteiger charge is 2.02. The Bertz CT molecular complexity index is 192. The molecule has 4 heteroatoms. The SMILES string of the molecule is CC(N)CN(C)c1cn[nH]c1. The Hall–Kier alpha value is -1.03. The van der Waals surface area contributed by atoms with Gasteiger partial charge >= 0.3 is 0 Å². The Balaban J connectivity index is 2.49. The number of likely N-dealkylation sites (N-methyl/N-ethyl adjacent to an activating group) is 1. The molecule has 0 aromatic carbocycles. The van der Waals surface area contributed by atoms with Gasteiger partial charge in [-0.2, -0.15) is 5.10 Å². The van der Waals surface area contributed by atoms with Gasteiger partial charge in [0.15, 0.2) is 0 Å². The van der Waals surface area contributed by atoms with E-state index in [0.29, 0.717) is 0 Å². The number of anilines is 1. The first kappa shape index (κ1) is 8.07. The van der Waals surface area contributed by atoms with Gasteiger partial charge < -0.3 is 10.6 Å². The van der Waals surface area contributed by atoms with E-state index in [9.17, 15) is 0 Å². The zero-order valence-electron chi connectivity index (χ0n) is 6.91. The Labute approximate surface area is 66.4 Å². The van der Waals surface area contributed by atoms with Gasteiger partial charge in [-0.1, -0.05) is 0 Å². The zero-order chi connectivity index (χ0) is 8.27. The van der Waals surface area contributed by atoms with Crippen LogP contribution in [0.1, 0.15) is 6.92 Å². The molecule has 0 bridgehead atoms. The Kier molecular flexibility index (Phi) is 2.48. The fraction of sp³-hybridized carbons (Fsp3) is 0.571. The molecule has 1 aromatic rings. The van der Waals surface area contributed by atoms with Crippen LogP contribution < -0.4 is 10.6 Å². The fourth-order valence-electron chi connectivity index (χ4n) is 0.990. The second-order valence-corrected chi connectivity index (χ2v) is 2.81. The number of rotatable bonds is 3. The van der Waals surface area contributed by atoms with Crippen molar-refractivity contribution in [3.8, 4) is 0 Å². The van der Waals surface area contributed by atoms with Crippen molar-refractivity contribution >= 4 is 5.69 Å². The molecule has 62 valence electrons. The molecule has 0 radical (unpaired) electrons. The minimum absolute atomic E-state index is 0.190. The largest absolute Gasteiger partial charge is 0.371 e. The van der Waals surface area contributed by atoms with Crippen molar-refractivity contribution in [3.05, 3.63) is 12.4 Å². The highest BCUT2D eigenvalue weighted by molar-refractivity contribution is 5.40. The molecule has 1 atom stereocenters. The zero-order valence-corrected chi connectivity index (χ0v) is 6.91. The molecule has 3 N–H and O–H groups in total. The van der Waals surface area contributed by atoms with Gasteiger partial charge in [0, 0.05) is 25.8 Å². The molecule has 4 nitrogen and oxygen atoms in total. The first-order chi connectivity index (χ1) is 5.20. The minimum Gasteiger partial charge on any atom is -0.371 e. The average Bonchev–Trinajstić information content (AvgIpc) is 2.35. The van der Waals surface area contributed by atoms with E-state index in [4.69, 9.17) is 5.73 Å². The summed E-state index contributed by atoms with van der Waals surface area (Å²) >= 11 is 0. The number of nitrogens with one attached hydrogen (secondary N) is 1. The Morgan fingerprint density at radius 3 is 3.00 bits per heavy atom. The second-order valence-electron chi connectivity index (χ2n) is 2.81. The van der Waals surface area contributed by atoms with Crippen LogP contribution in [0.15, 0.2) is 12.4 Å². The summed E-state index contributed by atoms with van der Waals surface area (Å²) < 4.78 is 0. The van der Waals surface area contributed by atoms with Crippen LogP contribution in [0.2, 0.25) is 0 Å². The van der Waals surface area contributed by atoms with Crippen molar-refractivity contribution in [2.45, 2.75) is 13.0 Å². The highest BCUT2D eigenvalue weighted by Crippen LogP contribution is 2.07. The molecule has 0 aliphatic rings. The maximum absolute atomic E-state index is 5.63. The van der Waals surface area contributed by atoms with E-state index < -0.39 is 0 Å². The minimum atomic E-state index is 0.190. The maximum atomic E-state index is 5.63. The molecule has 0 aliphatic heterocycles. The van der Waals surface area contributed by atoms with Gasteiger partial charge in [0.25, 0.3) is 0 Å². The molecule has 1 heterocycles. The number of nitrogens with zero attached hydrogens (tertiary/aromatic N) is 2. The van der Waals surface area contributed by atoms with Gasteiger partial charge in [-0.15, -0.1) is 0 Å². The molecule has 0 amide bonds. The standard InChI is InChI=1S/C7H14N4/c1-6(8)5-11(2)7-3-9-10-4-7/h3-4,6H,5,8H2,1-2H3,(H,9,10). The van der Waals surface area contributed by atoms with Crippen LogP contribution >= 0.6 is 0 Å². The van der Waals surface area contributed by atoms with Crippen LogP contribution in [0.25, 0.3) is 0 Å². The van der Waals surface area contributed by atoms with Crippen LogP contribution in [0.5, 0.6) is 0 Å². The van der Waals surface area contributed by atoms with Crippen molar-refractivity contribution in [1.82, 2.24) is 10.2 Å². The van der Waals surface area contributed by atoms with Crippen LogP contribution in [0.4, 0.5) is 5.69 Å². The van der Waals surface area contributed by atoms with Gasteiger partial charge in [-0.25, -0.2) is 0 Å². The molecule has 0 saturated carbocycles. The van der Waals surface area contributed by atoms with E-state index in [1.807, 2.05) is 20.2 Å². The summed E-state index contributed by atoms with van der Waals surface area (Å²) in [6, 6.07) is 0.190. The fourth-order valence-corrected chi connectivity index (χ4v) is 0.990. The number of H-pyrrole nitrogens is 1. The maximum Gasteiger partial charge on any atom is 0.0747 e. The highest BCUT2D eigenvalue weighted by atomic mass is 15.2. The summed E-state index contributed by atoms with van der Waals surface area (Å²) in [6.45, 7) is 2.83. The molecule has 0 fully saturated rings. The first-order valence-electron chi connectivity index (χ1n) is 3.65. The topological polar surface area (TPSA) is 57.9 Å². The predicted molar refractivity (Wildman–Crippen MR) is 45.5 cm³/mol. The molecular formula is C7H14N4. The smallest absolute Gasteiger partial charge is 0.0747 e. The third kappa shape index (κ3) is 2.23. The molecule has 0 saturated heterocycles. The lowest BCUT2D eigenvalue weighted by atomic mass is 10.3. The van der Waals surface area contributed by atoms with Gasteiger partial charge in [-0.3, -0.25) is 5.10 Å². The van der Waals surface area contributed by atoms with Crippen molar-refractivity contribution < 1.29 is 0 Å². The summed E-state index contributed by atoms with van der Waals surface area (Å²) in [4.78, 5) is 2.06. The summed E-state index contributed by atoms with van der Waals surface area (Å²) in [6.07, 6.45) is 3.63. The van der Waals surface area contributed by atoms with Crippen molar-refractivity contribution in [2.75, 3.05) is 18.5 Å². The number of hydrogen-bond donors (Lipinski definition) is 2. The number of aromatic nitrogens is 2. The van der Waals surface area contributed by atoms with E-state index >= 15 is 0 Å². The van der Waals surface area contributed by atoms with E-state index in [-0.39, 0.29) is 6.04 Å². The summed E-state index contributed by atoms with van der Waals surface area (Å²) in [5, 5.41) is 6.59. The monoisotopic (exact) mass is 154 g/mol. The van der Waals surface area contributed by atoms with Crippen LogP contribution in [0, 0.1) is 0 Å². The molecule has 1 rings (SSSR count). The Morgan fingerprint density at radius 2 is 2.55 bits per heavy atom. The third-order valence-corrected chi connectivity index (χ3v) is 1.49. The van der Waals surface area contributed by atoms with E-state index in [2.05, 4.69) is 15.1 Å². The second kappa shape index (κ2) is 3.39. The number of hydrogen-bond acceptors (Lipinski definition) is 3. The van der Waals surface area contributed by atoms with Gasteiger partial charge in [0.1, 0.15) is 0 Å². The number of nitrogens with two attached hydrogens (primary N) is 1. The van der Waals surface area contributed by atoms with Crippen molar-refractivity contribution in [3.63, 3.8) is 0 Å². The Morgan fingerprint density at radius 1 is 1.82 bits per heavy atom. The summed E-state index contributed by atoms with van der Waals surface area (Å²) in [7, 11) is 1.99. The van der Waals surface area contributed by atoms with E-state index in [0.717, 1.165) is 12.2 Å². The molecule has 1 aromatic heterocycles. The lowest BCUT2D eigenvalue weighted by molar-refractivity contribution is 0.718. The quantitative estimate of drug-likeness (QED) is 0.653. The molecule has 11 heavy (non-hydrogen) atoms. The molecule has 0 aliphatic carbocycles. The lowest BCUT2D eigenvalue weighted by Gasteiger charge is -2.18. The molecular weight excluding hydrogens is 140 g/mol. The van der Waals surface area contributed by atoms with Crippen LogP contribution in [0.3, 0.4) is 0 Å². The van der Waals surface area contributed by atoms with Crippen LogP contribution in [-0.4, -0.2) is 29.8 Å². The first-order valence-corrected chi connectivity index (χ1v) is 3.65. The normalized spacial score (nSPS) is 13.0. The van der Waals surface area contributed by atoms with E-state index in [1.54, 1.807) is 6.20 Å². The summed E-state index contributed by atoms with van der Waals surface area (Å²) in [5.41, 5.74) is 6.70. The van der Waals surface area contributed by atoms with E-state index in [1.165, 1.54) is 0 Å². The number of aromatic amines is 1. The van der Waals surface area contributed by atoms with Crippen molar-refractivity contribution in [1.29, 1.82) is 0 Å². The predicted octanol–water partition coefficient (Wildman–Crippen LogP) is 0.193. The summed E-state index contributed by atoms with van der Waals surface area (Å²) in [5.74, 6) is 0. The molecule has 0 spiro atoms. The average molecular weight is 154 g/mol. The molecule has 1 unspecified atom stereocenters. The van der Waals surface area contributed by atoms with Crippen molar-refractivity contribution in [2.24, 2.45) is 5.73 Å². The third-order valence-electron chi connectivity index (χ3n) is 1.49. The lowest BCUT2D eigenvalue weighted by Crippen LogP contribution is -2.32. The van der Waals surface area contributed by atoms with Gasteiger partial charge in [0.2, 0.25) is 0 Å².